The highest BCUT2D eigenvalue weighted by Gasteiger charge is 2.66. The molecule has 2 aromatic rings. The van der Waals surface area contributed by atoms with E-state index in [-0.39, 0.29) is 23.8 Å². The molecule has 0 spiro atoms. The van der Waals surface area contributed by atoms with Crippen LogP contribution in [-0.2, 0) is 22.7 Å². The first-order valence-corrected chi connectivity index (χ1v) is 13.9. The Balaban J connectivity index is 1.31. The fraction of sp³-hybridized carbons (Fsp3) is 0.586. The number of likely N-dealkylation sites (tertiary alicyclic amines) is 1. The van der Waals surface area contributed by atoms with Gasteiger partial charge in [-0.3, -0.25) is 14.6 Å². The van der Waals surface area contributed by atoms with Crippen LogP contribution < -0.4 is 16.4 Å². The molecular formula is C29H40N6O2. The first kappa shape index (κ1) is 25.6. The number of nitrogens with one attached hydrogen (secondary N) is 2. The van der Waals surface area contributed by atoms with Crippen molar-refractivity contribution in [1.29, 1.82) is 0 Å². The number of hydrogen-bond donors (Lipinski definition) is 3. The maximum Gasteiger partial charge on any atom is 0.246 e. The number of rotatable bonds is 9. The van der Waals surface area contributed by atoms with E-state index in [9.17, 15) is 9.59 Å². The van der Waals surface area contributed by atoms with E-state index in [2.05, 4.69) is 20.6 Å². The summed E-state index contributed by atoms with van der Waals surface area (Å²) in [5.74, 6) is 1.29. The Morgan fingerprint density at radius 1 is 1.11 bits per heavy atom. The Labute approximate surface area is 219 Å². The van der Waals surface area contributed by atoms with Gasteiger partial charge in [-0.05, 0) is 68.2 Å². The maximum atomic E-state index is 14.1. The van der Waals surface area contributed by atoms with Gasteiger partial charge in [-0.2, -0.15) is 0 Å². The van der Waals surface area contributed by atoms with Crippen LogP contribution in [0.1, 0.15) is 74.7 Å². The van der Waals surface area contributed by atoms with Gasteiger partial charge in [-0.15, -0.1) is 0 Å². The minimum atomic E-state index is -0.720. The van der Waals surface area contributed by atoms with E-state index in [4.69, 9.17) is 5.73 Å². The standard InChI is InChI=1S/C29H40N6O2/c1-20-22(12-13-26(30)34-20)18-33-28(37)29-17-23(29)10-7-15-35(29)27(36)25(16-21-8-3-2-4-9-21)32-19-24-11-5-6-14-31-24/h5-6,11-14,21,23,25,32H,2-4,7-10,15-19H2,1H3,(H2,30,34)(H,33,37)/t23-,25-,29+/m1/s1. The maximum absolute atomic E-state index is 14.1. The van der Waals surface area contributed by atoms with Crippen LogP contribution in [0.4, 0.5) is 5.82 Å². The molecule has 2 saturated carbocycles. The van der Waals surface area contributed by atoms with E-state index in [1.165, 1.54) is 32.1 Å². The molecule has 37 heavy (non-hydrogen) atoms. The van der Waals surface area contributed by atoms with Crippen LogP contribution in [-0.4, -0.2) is 44.8 Å². The van der Waals surface area contributed by atoms with Crippen molar-refractivity contribution < 1.29 is 9.59 Å². The number of anilines is 1. The number of amides is 2. The van der Waals surface area contributed by atoms with E-state index < -0.39 is 5.54 Å². The van der Waals surface area contributed by atoms with E-state index in [0.29, 0.717) is 31.4 Å². The van der Waals surface area contributed by atoms with Crippen LogP contribution in [0.5, 0.6) is 0 Å². The van der Waals surface area contributed by atoms with Crippen LogP contribution in [0.15, 0.2) is 36.5 Å². The number of aryl methyl sites for hydroxylation is 1. The zero-order valence-electron chi connectivity index (χ0n) is 21.9. The topological polar surface area (TPSA) is 113 Å². The average molecular weight is 505 g/mol. The van der Waals surface area contributed by atoms with Crippen LogP contribution >= 0.6 is 0 Å². The van der Waals surface area contributed by atoms with Gasteiger partial charge in [0.15, 0.2) is 0 Å². The quantitative estimate of drug-likeness (QED) is 0.482. The van der Waals surface area contributed by atoms with Crippen molar-refractivity contribution in [3.05, 3.63) is 53.5 Å². The van der Waals surface area contributed by atoms with E-state index >= 15 is 0 Å². The smallest absolute Gasteiger partial charge is 0.246 e. The third kappa shape index (κ3) is 5.64. The number of carbonyl (C=O) groups is 2. The lowest BCUT2D eigenvalue weighted by Gasteiger charge is -2.39. The molecule has 0 bridgehead atoms. The summed E-state index contributed by atoms with van der Waals surface area (Å²) in [5.41, 5.74) is 7.74. The summed E-state index contributed by atoms with van der Waals surface area (Å²) in [6.45, 7) is 3.47. The number of nitrogens with two attached hydrogens (primary N) is 1. The van der Waals surface area contributed by atoms with Crippen LogP contribution in [0.25, 0.3) is 0 Å². The zero-order valence-corrected chi connectivity index (χ0v) is 21.9. The lowest BCUT2D eigenvalue weighted by molar-refractivity contribution is -0.146. The summed E-state index contributed by atoms with van der Waals surface area (Å²) in [6, 6.07) is 9.21. The number of fused-ring (bicyclic) bond motifs is 1. The molecule has 0 unspecified atom stereocenters. The molecule has 8 nitrogen and oxygen atoms in total. The Bertz CT molecular complexity index is 1100. The predicted molar refractivity (Wildman–Crippen MR) is 143 cm³/mol. The van der Waals surface area contributed by atoms with Gasteiger partial charge in [0.25, 0.3) is 0 Å². The molecular weight excluding hydrogens is 464 g/mol. The van der Waals surface area contributed by atoms with Gasteiger partial charge in [-0.25, -0.2) is 4.98 Å². The van der Waals surface area contributed by atoms with Gasteiger partial charge < -0.3 is 21.3 Å². The summed E-state index contributed by atoms with van der Waals surface area (Å²) in [4.78, 5) is 38.4. The minimum absolute atomic E-state index is 0.0390. The molecule has 1 saturated heterocycles. The van der Waals surface area contributed by atoms with Crippen molar-refractivity contribution in [2.45, 2.75) is 89.4 Å². The molecule has 0 radical (unpaired) electrons. The molecule has 3 fully saturated rings. The molecule has 2 amide bonds. The SMILES string of the molecule is Cc1nc(N)ccc1CNC(=O)[C@]12C[C@H]1CCCN2C(=O)[C@@H](CC1CCCCC1)NCc1ccccn1. The highest BCUT2D eigenvalue weighted by atomic mass is 16.2. The Kier molecular flexibility index (Phi) is 7.74. The highest BCUT2D eigenvalue weighted by molar-refractivity contribution is 5.96. The summed E-state index contributed by atoms with van der Waals surface area (Å²) in [7, 11) is 0. The number of carbonyl (C=O) groups excluding carboxylic acids is 2. The molecule has 5 rings (SSSR count). The van der Waals surface area contributed by atoms with Crippen molar-refractivity contribution in [1.82, 2.24) is 25.5 Å². The summed E-state index contributed by atoms with van der Waals surface area (Å²) >= 11 is 0. The lowest BCUT2D eigenvalue weighted by Crippen LogP contribution is -2.59. The second-order valence-electron chi connectivity index (χ2n) is 11.1. The Morgan fingerprint density at radius 3 is 2.70 bits per heavy atom. The van der Waals surface area contributed by atoms with Gasteiger partial charge in [0.2, 0.25) is 11.8 Å². The number of piperidine rings is 1. The summed E-state index contributed by atoms with van der Waals surface area (Å²) in [6.07, 6.45) is 11.4. The average Bonchev–Trinajstić information content (AvgIpc) is 3.67. The normalized spacial score (nSPS) is 24.2. The van der Waals surface area contributed by atoms with E-state index in [1.807, 2.05) is 36.1 Å². The van der Waals surface area contributed by atoms with Crippen molar-refractivity contribution in [3.8, 4) is 0 Å². The number of nitrogens with zero attached hydrogens (tertiary/aromatic N) is 3. The first-order valence-electron chi connectivity index (χ1n) is 13.9. The molecule has 2 aliphatic carbocycles. The largest absolute Gasteiger partial charge is 0.384 e. The molecule has 3 atom stereocenters. The van der Waals surface area contributed by atoms with Gasteiger partial charge in [0, 0.05) is 31.5 Å². The minimum Gasteiger partial charge on any atom is -0.384 e. The molecule has 198 valence electrons. The number of hydrogen-bond acceptors (Lipinski definition) is 6. The summed E-state index contributed by atoms with van der Waals surface area (Å²) < 4.78 is 0. The first-order chi connectivity index (χ1) is 18.0. The van der Waals surface area contributed by atoms with Gasteiger partial charge in [-0.1, -0.05) is 44.2 Å². The predicted octanol–water partition coefficient (Wildman–Crippen LogP) is 3.49. The molecule has 2 aromatic heterocycles. The van der Waals surface area contributed by atoms with E-state index in [1.54, 1.807) is 12.3 Å². The van der Waals surface area contributed by atoms with Gasteiger partial charge in [0.05, 0.1) is 11.7 Å². The molecule has 3 heterocycles. The monoisotopic (exact) mass is 504 g/mol. The van der Waals surface area contributed by atoms with Crippen LogP contribution in [0, 0.1) is 18.8 Å². The molecule has 4 N–H and O–H groups in total. The van der Waals surface area contributed by atoms with Crippen molar-refractivity contribution in [2.75, 3.05) is 12.3 Å². The fourth-order valence-electron chi connectivity index (χ4n) is 6.46. The van der Waals surface area contributed by atoms with E-state index in [0.717, 1.165) is 42.6 Å². The fourth-order valence-corrected chi connectivity index (χ4v) is 6.46. The third-order valence-electron chi connectivity index (χ3n) is 8.65. The number of aromatic nitrogens is 2. The Hall–Kier alpha value is -3.00. The molecule has 0 aromatic carbocycles. The lowest BCUT2D eigenvalue weighted by atomic mass is 9.84. The van der Waals surface area contributed by atoms with Crippen LogP contribution in [0.3, 0.4) is 0 Å². The van der Waals surface area contributed by atoms with Crippen molar-refractivity contribution in [3.63, 3.8) is 0 Å². The zero-order chi connectivity index (χ0) is 25.8. The third-order valence-corrected chi connectivity index (χ3v) is 8.65. The molecule has 1 aliphatic heterocycles. The number of pyridine rings is 2. The second kappa shape index (κ2) is 11.2. The number of nitrogen functional groups attached to an aromatic ring is 1. The van der Waals surface area contributed by atoms with Crippen molar-refractivity contribution >= 4 is 17.6 Å². The summed E-state index contributed by atoms with van der Waals surface area (Å²) in [5, 5.41) is 6.67. The highest BCUT2D eigenvalue weighted by Crippen LogP contribution is 2.54. The van der Waals surface area contributed by atoms with Gasteiger partial charge in [0.1, 0.15) is 11.4 Å². The Morgan fingerprint density at radius 2 is 1.95 bits per heavy atom. The van der Waals surface area contributed by atoms with Crippen molar-refractivity contribution in [2.24, 2.45) is 11.8 Å². The second-order valence-corrected chi connectivity index (χ2v) is 11.1. The molecule has 8 heteroatoms. The molecule has 3 aliphatic rings. The van der Waals surface area contributed by atoms with Crippen LogP contribution in [0.2, 0.25) is 0 Å². The van der Waals surface area contributed by atoms with Gasteiger partial charge >= 0.3 is 0 Å².